The van der Waals surface area contributed by atoms with Gasteiger partial charge in [0.2, 0.25) is 5.91 Å². The highest BCUT2D eigenvalue weighted by molar-refractivity contribution is 7.99. The Morgan fingerprint density at radius 2 is 1.77 bits per heavy atom. The van der Waals surface area contributed by atoms with E-state index in [2.05, 4.69) is 37.9 Å². The summed E-state index contributed by atoms with van der Waals surface area (Å²) in [5.41, 5.74) is 1.71. The first-order valence-electron chi connectivity index (χ1n) is 11.9. The molecule has 1 aliphatic heterocycles. The lowest BCUT2D eigenvalue weighted by atomic mass is 10.1. The van der Waals surface area contributed by atoms with Gasteiger partial charge in [0.05, 0.1) is 31.3 Å². The molecule has 9 heteroatoms. The Bertz CT molecular complexity index is 1140. The van der Waals surface area contributed by atoms with Gasteiger partial charge in [-0.05, 0) is 55.8 Å². The van der Waals surface area contributed by atoms with Crippen molar-refractivity contribution in [1.82, 2.24) is 19.7 Å². The second kappa shape index (κ2) is 12.5. The molecular formula is C26H29FN6OS. The summed E-state index contributed by atoms with van der Waals surface area (Å²) in [6.45, 7) is 3.73. The largest absolute Gasteiger partial charge is 0.311 e. The van der Waals surface area contributed by atoms with Gasteiger partial charge in [-0.2, -0.15) is 5.26 Å². The fraction of sp³-hybridized carbons (Fsp3) is 0.385. The minimum Gasteiger partial charge on any atom is -0.311 e. The van der Waals surface area contributed by atoms with Crippen LogP contribution in [0.4, 0.5) is 10.1 Å². The lowest BCUT2D eigenvalue weighted by Crippen LogP contribution is -2.33. The molecule has 7 nitrogen and oxygen atoms in total. The summed E-state index contributed by atoms with van der Waals surface area (Å²) in [6.07, 6.45) is 3.86. The number of hydrogen-bond donors (Lipinski definition) is 0. The van der Waals surface area contributed by atoms with Gasteiger partial charge in [0, 0.05) is 12.2 Å². The van der Waals surface area contributed by atoms with E-state index in [0.29, 0.717) is 17.4 Å². The smallest absolute Gasteiger partial charge is 0.237 e. The SMILES string of the molecule is N#CCCN(C(=O)CSc1nnc(CN2CCCCC2)n1Cc1ccccc1)c1ccc(F)cc1. The minimum atomic E-state index is -0.369. The van der Waals surface area contributed by atoms with Gasteiger partial charge in [0.25, 0.3) is 0 Å². The fourth-order valence-corrected chi connectivity index (χ4v) is 5.00. The number of carbonyl (C=O) groups is 1. The van der Waals surface area contributed by atoms with Crippen LogP contribution in [0.3, 0.4) is 0 Å². The van der Waals surface area contributed by atoms with Crippen molar-refractivity contribution in [2.75, 3.05) is 30.3 Å². The average molecular weight is 493 g/mol. The Balaban J connectivity index is 1.51. The lowest BCUT2D eigenvalue weighted by Gasteiger charge is -2.26. The van der Waals surface area contributed by atoms with Crippen molar-refractivity contribution in [2.24, 2.45) is 0 Å². The van der Waals surface area contributed by atoms with E-state index in [1.54, 1.807) is 12.1 Å². The number of anilines is 1. The Morgan fingerprint density at radius 1 is 1.03 bits per heavy atom. The average Bonchev–Trinajstić information content (AvgIpc) is 3.26. The molecule has 0 radical (unpaired) electrons. The molecule has 1 aromatic heterocycles. The summed E-state index contributed by atoms with van der Waals surface area (Å²) in [7, 11) is 0. The number of halogens is 1. The van der Waals surface area contributed by atoms with Gasteiger partial charge in [-0.25, -0.2) is 4.39 Å². The molecule has 1 saturated heterocycles. The number of carbonyl (C=O) groups excluding carboxylic acids is 1. The van der Waals surface area contributed by atoms with Crippen LogP contribution in [0.15, 0.2) is 59.8 Å². The van der Waals surface area contributed by atoms with Gasteiger partial charge in [-0.15, -0.1) is 10.2 Å². The lowest BCUT2D eigenvalue weighted by molar-refractivity contribution is -0.116. The van der Waals surface area contributed by atoms with Crippen molar-refractivity contribution >= 4 is 23.4 Å². The van der Waals surface area contributed by atoms with Crippen LogP contribution >= 0.6 is 11.8 Å². The Morgan fingerprint density at radius 3 is 2.49 bits per heavy atom. The minimum absolute atomic E-state index is 0.138. The fourth-order valence-electron chi connectivity index (χ4n) is 4.17. The van der Waals surface area contributed by atoms with Crippen LogP contribution in [0.25, 0.3) is 0 Å². The van der Waals surface area contributed by atoms with Crippen LogP contribution in [0.1, 0.15) is 37.1 Å². The number of hydrogen-bond acceptors (Lipinski definition) is 6. The molecule has 3 aromatic rings. The number of amides is 1. The summed E-state index contributed by atoms with van der Waals surface area (Å²) in [5, 5.41) is 18.6. The summed E-state index contributed by atoms with van der Waals surface area (Å²) >= 11 is 1.34. The van der Waals surface area contributed by atoms with E-state index in [-0.39, 0.29) is 30.4 Å². The van der Waals surface area contributed by atoms with Crippen LogP contribution < -0.4 is 4.90 Å². The van der Waals surface area contributed by atoms with Crippen molar-refractivity contribution in [1.29, 1.82) is 5.26 Å². The molecule has 0 atom stereocenters. The number of rotatable bonds is 10. The number of piperidine rings is 1. The molecule has 1 fully saturated rings. The van der Waals surface area contributed by atoms with Crippen LogP contribution in [0.5, 0.6) is 0 Å². The first-order chi connectivity index (χ1) is 17.1. The number of aromatic nitrogens is 3. The quantitative estimate of drug-likeness (QED) is 0.388. The van der Waals surface area contributed by atoms with E-state index in [1.165, 1.54) is 48.1 Å². The maximum atomic E-state index is 13.4. The first-order valence-corrected chi connectivity index (χ1v) is 12.9. The highest BCUT2D eigenvalue weighted by Gasteiger charge is 2.21. The van der Waals surface area contributed by atoms with Crippen molar-refractivity contribution in [3.63, 3.8) is 0 Å². The second-order valence-electron chi connectivity index (χ2n) is 8.53. The molecule has 35 heavy (non-hydrogen) atoms. The van der Waals surface area contributed by atoms with Crippen LogP contribution in [0, 0.1) is 17.1 Å². The second-order valence-corrected chi connectivity index (χ2v) is 9.47. The number of nitrogens with zero attached hydrogens (tertiary/aromatic N) is 6. The highest BCUT2D eigenvalue weighted by atomic mass is 32.2. The van der Waals surface area contributed by atoms with Gasteiger partial charge >= 0.3 is 0 Å². The van der Waals surface area contributed by atoms with E-state index in [4.69, 9.17) is 5.26 Å². The summed E-state index contributed by atoms with van der Waals surface area (Å²) in [5.74, 6) is 0.500. The van der Waals surface area contributed by atoms with Gasteiger partial charge in [0.15, 0.2) is 5.16 Å². The standard InChI is InChI=1S/C26H29FN6OS/c27-22-10-12-23(13-11-22)32(17-7-14-28)25(34)20-35-26-30-29-24(19-31-15-5-2-6-16-31)33(26)18-21-8-3-1-4-9-21/h1,3-4,8-13H,2,5-7,15-20H2. The van der Waals surface area contributed by atoms with Gasteiger partial charge in [0.1, 0.15) is 11.6 Å². The van der Waals surface area contributed by atoms with Crippen LogP contribution in [0.2, 0.25) is 0 Å². The van der Waals surface area contributed by atoms with Crippen molar-refractivity contribution in [2.45, 2.75) is 43.9 Å². The number of likely N-dealkylation sites (tertiary alicyclic amines) is 1. The molecule has 2 heterocycles. The Hall–Kier alpha value is -3.22. The zero-order valence-electron chi connectivity index (χ0n) is 19.6. The Kier molecular flexibility index (Phi) is 8.87. The molecule has 4 rings (SSSR count). The topological polar surface area (TPSA) is 78.0 Å². The molecule has 0 aliphatic carbocycles. The van der Waals surface area contributed by atoms with Gasteiger partial charge in [-0.3, -0.25) is 9.69 Å². The predicted octanol–water partition coefficient (Wildman–Crippen LogP) is 4.49. The van der Waals surface area contributed by atoms with E-state index in [9.17, 15) is 9.18 Å². The van der Waals surface area contributed by atoms with Crippen LogP contribution in [-0.2, 0) is 17.9 Å². The molecule has 182 valence electrons. The molecule has 0 bridgehead atoms. The van der Waals surface area contributed by atoms with Crippen LogP contribution in [-0.4, -0.2) is 51.0 Å². The monoisotopic (exact) mass is 492 g/mol. The van der Waals surface area contributed by atoms with Gasteiger partial charge < -0.3 is 9.47 Å². The summed E-state index contributed by atoms with van der Waals surface area (Å²) in [4.78, 5) is 17.1. The highest BCUT2D eigenvalue weighted by Crippen LogP contribution is 2.23. The molecule has 1 aliphatic rings. The van der Waals surface area contributed by atoms with Crippen molar-refractivity contribution in [3.05, 3.63) is 71.8 Å². The summed E-state index contributed by atoms with van der Waals surface area (Å²) in [6, 6.07) is 18.0. The third-order valence-corrected chi connectivity index (χ3v) is 6.95. The normalized spacial score (nSPS) is 13.9. The third kappa shape index (κ3) is 6.90. The number of benzene rings is 2. The molecule has 0 N–H and O–H groups in total. The zero-order chi connectivity index (χ0) is 24.5. The molecular weight excluding hydrogens is 463 g/mol. The molecule has 0 saturated carbocycles. The maximum absolute atomic E-state index is 13.4. The van der Waals surface area contributed by atoms with Crippen molar-refractivity contribution in [3.8, 4) is 6.07 Å². The predicted molar refractivity (Wildman–Crippen MR) is 134 cm³/mol. The van der Waals surface area contributed by atoms with E-state index in [0.717, 1.165) is 31.0 Å². The third-order valence-electron chi connectivity index (χ3n) is 6.00. The number of thioether (sulfide) groups is 1. The summed E-state index contributed by atoms with van der Waals surface area (Å²) < 4.78 is 15.5. The van der Waals surface area contributed by atoms with E-state index >= 15 is 0 Å². The zero-order valence-corrected chi connectivity index (χ0v) is 20.5. The number of nitriles is 1. The van der Waals surface area contributed by atoms with E-state index < -0.39 is 0 Å². The first kappa shape index (κ1) is 24.9. The molecule has 0 unspecified atom stereocenters. The Labute approximate surface area is 209 Å². The molecule has 0 spiro atoms. The molecule has 2 aromatic carbocycles. The van der Waals surface area contributed by atoms with Crippen molar-refractivity contribution < 1.29 is 9.18 Å². The molecule has 1 amide bonds. The maximum Gasteiger partial charge on any atom is 0.237 e. The van der Waals surface area contributed by atoms with E-state index in [1.807, 2.05) is 18.2 Å². The van der Waals surface area contributed by atoms with Gasteiger partial charge in [-0.1, -0.05) is 48.5 Å².